The van der Waals surface area contributed by atoms with Crippen molar-refractivity contribution < 1.29 is 23.5 Å². The Morgan fingerprint density at radius 3 is 2.46 bits per heavy atom. The SMILES string of the molecule is C[C@H]1C=C2C=C[C@H](C)[C@H](CC[C@@H]3C[C@@H](O[Si](C)(C)C(C)(C)C)CC(=O)O3)[C@H]2[C@@H](OC(=O)C2(C)CCCCC2)C1. The smallest absolute Gasteiger partial charge is 0.312 e. The molecule has 0 aromatic rings. The third kappa shape index (κ3) is 7.09. The van der Waals surface area contributed by atoms with Crippen molar-refractivity contribution in [1.29, 1.82) is 0 Å². The van der Waals surface area contributed by atoms with E-state index in [1.807, 2.05) is 0 Å². The monoisotopic (exact) mass is 558 g/mol. The van der Waals surface area contributed by atoms with E-state index in [1.165, 1.54) is 12.0 Å². The third-order valence-electron chi connectivity index (χ3n) is 10.6. The molecule has 5 nitrogen and oxygen atoms in total. The number of fused-ring (bicyclic) bond motifs is 1. The first-order chi connectivity index (χ1) is 18.2. The second-order valence-corrected chi connectivity index (χ2v) is 19.7. The molecule has 0 unspecified atom stereocenters. The molecule has 0 bridgehead atoms. The molecule has 2 fully saturated rings. The Morgan fingerprint density at radius 1 is 1.10 bits per heavy atom. The second-order valence-electron chi connectivity index (χ2n) is 15.0. The predicted octanol–water partition coefficient (Wildman–Crippen LogP) is 8.15. The summed E-state index contributed by atoms with van der Waals surface area (Å²) in [5.41, 5.74) is 0.979. The number of ether oxygens (including phenoxy) is 2. The van der Waals surface area contributed by atoms with Crippen LogP contribution < -0.4 is 0 Å². The van der Waals surface area contributed by atoms with Crippen LogP contribution in [-0.4, -0.2) is 38.6 Å². The number of allylic oxidation sites excluding steroid dienone is 3. The van der Waals surface area contributed by atoms with E-state index in [1.54, 1.807) is 0 Å². The number of rotatable bonds is 7. The maximum Gasteiger partial charge on any atom is 0.312 e. The molecule has 7 atom stereocenters. The summed E-state index contributed by atoms with van der Waals surface area (Å²) in [6.07, 6.45) is 15.8. The van der Waals surface area contributed by atoms with Gasteiger partial charge in [0, 0.05) is 12.3 Å². The summed E-state index contributed by atoms with van der Waals surface area (Å²) in [5, 5.41) is 0.107. The predicted molar refractivity (Wildman–Crippen MR) is 159 cm³/mol. The van der Waals surface area contributed by atoms with E-state index in [-0.39, 0.29) is 46.6 Å². The van der Waals surface area contributed by atoms with Gasteiger partial charge >= 0.3 is 11.9 Å². The van der Waals surface area contributed by atoms with E-state index in [0.29, 0.717) is 24.2 Å². The van der Waals surface area contributed by atoms with Gasteiger partial charge in [-0.05, 0) is 80.5 Å². The topological polar surface area (TPSA) is 61.8 Å². The maximum atomic E-state index is 13.5. The number of cyclic esters (lactones) is 1. The highest BCUT2D eigenvalue weighted by atomic mass is 28.4. The van der Waals surface area contributed by atoms with Gasteiger partial charge in [-0.25, -0.2) is 0 Å². The van der Waals surface area contributed by atoms with Crippen molar-refractivity contribution in [2.45, 2.75) is 142 Å². The third-order valence-corrected chi connectivity index (χ3v) is 15.1. The van der Waals surface area contributed by atoms with Crippen molar-refractivity contribution in [3.63, 3.8) is 0 Å². The van der Waals surface area contributed by atoms with Gasteiger partial charge in [-0.15, -0.1) is 0 Å². The molecule has 0 radical (unpaired) electrons. The van der Waals surface area contributed by atoms with Gasteiger partial charge in [0.15, 0.2) is 8.32 Å². The van der Waals surface area contributed by atoms with E-state index in [2.05, 4.69) is 72.9 Å². The summed E-state index contributed by atoms with van der Waals surface area (Å²) in [6.45, 7) is 17.9. The van der Waals surface area contributed by atoms with Crippen LogP contribution >= 0.6 is 0 Å². The minimum Gasteiger partial charge on any atom is -0.462 e. The van der Waals surface area contributed by atoms with E-state index < -0.39 is 8.32 Å². The number of carbonyl (C=O) groups is 2. The first kappa shape index (κ1) is 30.6. The zero-order valence-corrected chi connectivity index (χ0v) is 26.9. The molecule has 0 N–H and O–H groups in total. The molecule has 4 aliphatic rings. The van der Waals surface area contributed by atoms with Crippen LogP contribution in [0.4, 0.5) is 0 Å². The molecule has 6 heteroatoms. The van der Waals surface area contributed by atoms with Crippen LogP contribution in [0.2, 0.25) is 18.1 Å². The van der Waals surface area contributed by atoms with Crippen LogP contribution in [0, 0.1) is 29.1 Å². The first-order valence-corrected chi connectivity index (χ1v) is 18.6. The lowest BCUT2D eigenvalue weighted by Crippen LogP contribution is -2.47. The largest absolute Gasteiger partial charge is 0.462 e. The Morgan fingerprint density at radius 2 is 1.79 bits per heavy atom. The fourth-order valence-corrected chi connectivity index (χ4v) is 8.49. The van der Waals surface area contributed by atoms with Gasteiger partial charge in [-0.1, -0.05) is 72.1 Å². The Labute approximate surface area is 238 Å². The van der Waals surface area contributed by atoms with Crippen molar-refractivity contribution in [1.82, 2.24) is 0 Å². The van der Waals surface area contributed by atoms with Gasteiger partial charge in [0.1, 0.15) is 12.2 Å². The van der Waals surface area contributed by atoms with Crippen LogP contribution in [0.1, 0.15) is 106 Å². The quantitative estimate of drug-likeness (QED) is 0.233. The zero-order valence-electron chi connectivity index (χ0n) is 25.9. The van der Waals surface area contributed by atoms with E-state index in [0.717, 1.165) is 51.4 Å². The number of hydrogen-bond donors (Lipinski definition) is 0. The lowest BCUT2D eigenvalue weighted by atomic mass is 9.65. The van der Waals surface area contributed by atoms with Crippen molar-refractivity contribution in [2.75, 3.05) is 0 Å². The lowest BCUT2D eigenvalue weighted by Gasteiger charge is -2.45. The highest BCUT2D eigenvalue weighted by molar-refractivity contribution is 6.74. The summed E-state index contributed by atoms with van der Waals surface area (Å²) in [6, 6.07) is 0. The van der Waals surface area contributed by atoms with Crippen LogP contribution in [0.3, 0.4) is 0 Å². The molecule has 1 saturated heterocycles. The molecular weight excluding hydrogens is 504 g/mol. The van der Waals surface area contributed by atoms with Crippen LogP contribution in [0.25, 0.3) is 0 Å². The van der Waals surface area contributed by atoms with Crippen molar-refractivity contribution in [3.05, 3.63) is 23.8 Å². The van der Waals surface area contributed by atoms with Crippen molar-refractivity contribution >= 4 is 20.3 Å². The molecule has 39 heavy (non-hydrogen) atoms. The number of carbonyl (C=O) groups excluding carboxylic acids is 2. The molecule has 3 aliphatic carbocycles. The maximum absolute atomic E-state index is 13.5. The van der Waals surface area contributed by atoms with E-state index in [9.17, 15) is 9.59 Å². The van der Waals surface area contributed by atoms with Gasteiger partial charge in [-0.2, -0.15) is 0 Å². The Hall–Kier alpha value is -1.40. The van der Waals surface area contributed by atoms with Crippen LogP contribution in [0.5, 0.6) is 0 Å². The second kappa shape index (κ2) is 11.8. The zero-order chi connectivity index (χ0) is 28.6. The molecular formula is C33H54O5Si. The summed E-state index contributed by atoms with van der Waals surface area (Å²) >= 11 is 0. The van der Waals surface area contributed by atoms with Gasteiger partial charge in [0.2, 0.25) is 0 Å². The standard InChI is InChI=1S/C33H54O5Si/c1-22-18-24-13-12-23(2)27(30(24)28(19-22)37-31(35)33(6)16-10-9-11-17-33)15-14-25-20-26(21-29(34)36-25)38-39(7,8)32(3,4)5/h12-13,18,22-23,25-28,30H,9-11,14-17,19-21H2,1-8H3/t22-,23-,25+,26+,27-,28-,30-/m0/s1. The summed E-state index contributed by atoms with van der Waals surface area (Å²) in [4.78, 5) is 26.1. The van der Waals surface area contributed by atoms with Crippen LogP contribution in [-0.2, 0) is 23.5 Å². The molecule has 0 aromatic carbocycles. The summed E-state index contributed by atoms with van der Waals surface area (Å²) in [7, 11) is -1.97. The molecule has 1 saturated carbocycles. The molecule has 220 valence electrons. The summed E-state index contributed by atoms with van der Waals surface area (Å²) < 4.78 is 19.0. The summed E-state index contributed by atoms with van der Waals surface area (Å²) in [5.74, 6) is 1.20. The van der Waals surface area contributed by atoms with E-state index >= 15 is 0 Å². The van der Waals surface area contributed by atoms with Crippen molar-refractivity contribution in [3.8, 4) is 0 Å². The van der Waals surface area contributed by atoms with Crippen molar-refractivity contribution in [2.24, 2.45) is 29.1 Å². The highest BCUT2D eigenvalue weighted by Gasteiger charge is 2.45. The molecule has 0 amide bonds. The average molecular weight is 559 g/mol. The number of hydrogen-bond acceptors (Lipinski definition) is 5. The molecule has 4 rings (SSSR count). The van der Waals surface area contributed by atoms with Gasteiger partial charge in [-0.3, -0.25) is 9.59 Å². The average Bonchev–Trinajstić information content (AvgIpc) is 2.82. The Kier molecular flexibility index (Phi) is 9.27. The number of esters is 2. The molecule has 0 aromatic heterocycles. The Bertz CT molecular complexity index is 954. The molecule has 0 spiro atoms. The fraction of sp³-hybridized carbons (Fsp3) is 0.818. The van der Waals surface area contributed by atoms with Gasteiger partial charge in [0.05, 0.1) is 17.9 Å². The minimum absolute atomic E-state index is 0.00781. The van der Waals surface area contributed by atoms with E-state index in [4.69, 9.17) is 13.9 Å². The highest BCUT2D eigenvalue weighted by Crippen LogP contribution is 2.47. The fourth-order valence-electron chi connectivity index (χ4n) is 7.12. The molecule has 1 heterocycles. The normalized spacial score (nSPS) is 35.0. The first-order valence-electron chi connectivity index (χ1n) is 15.7. The lowest BCUT2D eigenvalue weighted by molar-refractivity contribution is -0.168. The molecule has 1 aliphatic heterocycles. The van der Waals surface area contributed by atoms with Gasteiger partial charge < -0.3 is 13.9 Å². The van der Waals surface area contributed by atoms with Crippen LogP contribution in [0.15, 0.2) is 23.8 Å². The van der Waals surface area contributed by atoms with Gasteiger partial charge in [0.25, 0.3) is 0 Å². The Balaban J connectivity index is 1.45. The minimum atomic E-state index is -1.97.